The molecule has 2 aromatic carbocycles. The number of carbonyl (C=O) groups excluding carboxylic acids is 1. The first-order valence-corrected chi connectivity index (χ1v) is 7.42. The number of nitrogens with zero attached hydrogens (tertiary/aromatic N) is 3. The fourth-order valence-electron chi connectivity index (χ4n) is 2.36. The Bertz CT molecular complexity index is 853. The van der Waals surface area contributed by atoms with Crippen molar-refractivity contribution in [2.45, 2.75) is 20.8 Å². The molecule has 1 heterocycles. The number of rotatable bonds is 3. The first-order chi connectivity index (χ1) is 11.1. The SMILES string of the molecule is Cc1ccc(NC(=O)c2nnn(-c3ccccc3)c2C)cc1C. The summed E-state index contributed by atoms with van der Waals surface area (Å²) in [4.78, 5) is 12.4. The van der Waals surface area contributed by atoms with Gasteiger partial charge in [0.2, 0.25) is 0 Å². The summed E-state index contributed by atoms with van der Waals surface area (Å²) in [5.74, 6) is -0.257. The minimum Gasteiger partial charge on any atom is -0.321 e. The zero-order valence-electron chi connectivity index (χ0n) is 13.4. The molecule has 1 amide bonds. The Labute approximate surface area is 135 Å². The molecule has 0 fully saturated rings. The van der Waals surface area contributed by atoms with Crippen LogP contribution < -0.4 is 5.32 Å². The van der Waals surface area contributed by atoms with Gasteiger partial charge in [-0.3, -0.25) is 4.79 Å². The zero-order chi connectivity index (χ0) is 16.4. The Morgan fingerprint density at radius 3 is 2.43 bits per heavy atom. The van der Waals surface area contributed by atoms with Crippen molar-refractivity contribution in [3.63, 3.8) is 0 Å². The Morgan fingerprint density at radius 2 is 1.74 bits per heavy atom. The van der Waals surface area contributed by atoms with Gasteiger partial charge in [0.15, 0.2) is 5.69 Å². The molecule has 0 unspecified atom stereocenters. The fourth-order valence-corrected chi connectivity index (χ4v) is 2.36. The van der Waals surface area contributed by atoms with Gasteiger partial charge in [0.05, 0.1) is 11.4 Å². The summed E-state index contributed by atoms with van der Waals surface area (Å²) in [6.07, 6.45) is 0. The van der Waals surface area contributed by atoms with Crippen LogP contribution in [0.3, 0.4) is 0 Å². The second-order valence-electron chi connectivity index (χ2n) is 5.52. The summed E-state index contributed by atoms with van der Waals surface area (Å²) >= 11 is 0. The molecule has 1 aromatic heterocycles. The Morgan fingerprint density at radius 1 is 1.00 bits per heavy atom. The molecule has 0 aliphatic rings. The number of anilines is 1. The van der Waals surface area contributed by atoms with E-state index in [0.29, 0.717) is 11.4 Å². The highest BCUT2D eigenvalue weighted by atomic mass is 16.2. The monoisotopic (exact) mass is 306 g/mol. The zero-order valence-corrected chi connectivity index (χ0v) is 13.4. The highest BCUT2D eigenvalue weighted by Gasteiger charge is 2.17. The summed E-state index contributed by atoms with van der Waals surface area (Å²) in [5, 5.41) is 11.0. The molecule has 0 spiro atoms. The maximum Gasteiger partial charge on any atom is 0.278 e. The molecular weight excluding hydrogens is 288 g/mol. The third kappa shape index (κ3) is 2.99. The third-order valence-electron chi connectivity index (χ3n) is 3.88. The van der Waals surface area contributed by atoms with Crippen LogP contribution in [0.25, 0.3) is 5.69 Å². The van der Waals surface area contributed by atoms with Gasteiger partial charge in [-0.1, -0.05) is 29.5 Å². The van der Waals surface area contributed by atoms with E-state index in [1.165, 1.54) is 5.56 Å². The molecule has 5 nitrogen and oxygen atoms in total. The maximum absolute atomic E-state index is 12.4. The molecule has 1 N–H and O–H groups in total. The number of para-hydroxylation sites is 1. The summed E-state index contributed by atoms with van der Waals surface area (Å²) in [5.41, 5.74) is 4.99. The molecule has 0 aliphatic carbocycles. The van der Waals surface area contributed by atoms with Crippen molar-refractivity contribution in [2.24, 2.45) is 0 Å². The van der Waals surface area contributed by atoms with Gasteiger partial charge in [-0.25, -0.2) is 4.68 Å². The normalized spacial score (nSPS) is 10.6. The van der Waals surface area contributed by atoms with Crippen molar-refractivity contribution in [3.05, 3.63) is 71.0 Å². The van der Waals surface area contributed by atoms with E-state index in [1.54, 1.807) is 4.68 Å². The van der Waals surface area contributed by atoms with E-state index < -0.39 is 0 Å². The van der Waals surface area contributed by atoms with Gasteiger partial charge in [-0.2, -0.15) is 0 Å². The highest BCUT2D eigenvalue weighted by Crippen LogP contribution is 2.17. The van der Waals surface area contributed by atoms with E-state index in [1.807, 2.05) is 69.3 Å². The van der Waals surface area contributed by atoms with Gasteiger partial charge in [0, 0.05) is 5.69 Å². The van der Waals surface area contributed by atoms with Crippen LogP contribution in [-0.2, 0) is 0 Å². The number of nitrogens with one attached hydrogen (secondary N) is 1. The second kappa shape index (κ2) is 6.04. The second-order valence-corrected chi connectivity index (χ2v) is 5.52. The average molecular weight is 306 g/mol. The molecule has 0 saturated carbocycles. The Hall–Kier alpha value is -2.95. The summed E-state index contributed by atoms with van der Waals surface area (Å²) in [6, 6.07) is 15.4. The van der Waals surface area contributed by atoms with Crippen molar-refractivity contribution in [1.82, 2.24) is 15.0 Å². The summed E-state index contributed by atoms with van der Waals surface area (Å²) < 4.78 is 1.66. The molecular formula is C18H18N4O. The minimum absolute atomic E-state index is 0.257. The average Bonchev–Trinajstić information content (AvgIpc) is 2.93. The van der Waals surface area contributed by atoms with Crippen LogP contribution in [0.2, 0.25) is 0 Å². The number of amides is 1. The summed E-state index contributed by atoms with van der Waals surface area (Å²) in [7, 11) is 0. The first kappa shape index (κ1) is 15.0. The van der Waals surface area contributed by atoms with Gasteiger partial charge in [0.25, 0.3) is 5.91 Å². The number of hydrogen-bond acceptors (Lipinski definition) is 3. The molecule has 0 aliphatic heterocycles. The molecule has 0 bridgehead atoms. The Kier molecular flexibility index (Phi) is 3.93. The van der Waals surface area contributed by atoms with Crippen LogP contribution in [0.15, 0.2) is 48.5 Å². The lowest BCUT2D eigenvalue weighted by Gasteiger charge is -2.07. The molecule has 116 valence electrons. The molecule has 0 radical (unpaired) electrons. The van der Waals surface area contributed by atoms with Crippen molar-refractivity contribution < 1.29 is 4.79 Å². The van der Waals surface area contributed by atoms with E-state index in [-0.39, 0.29) is 5.91 Å². The smallest absolute Gasteiger partial charge is 0.278 e. The molecule has 0 saturated heterocycles. The predicted octanol–water partition coefficient (Wildman–Crippen LogP) is 3.44. The van der Waals surface area contributed by atoms with Gasteiger partial charge < -0.3 is 5.32 Å². The van der Waals surface area contributed by atoms with Crippen LogP contribution >= 0.6 is 0 Å². The molecule has 3 rings (SSSR count). The molecule has 5 heteroatoms. The van der Waals surface area contributed by atoms with Gasteiger partial charge >= 0.3 is 0 Å². The first-order valence-electron chi connectivity index (χ1n) is 7.42. The maximum atomic E-state index is 12.4. The van der Waals surface area contributed by atoms with Crippen LogP contribution in [0, 0.1) is 20.8 Å². The van der Waals surface area contributed by atoms with Crippen molar-refractivity contribution in [3.8, 4) is 5.69 Å². The molecule has 3 aromatic rings. The van der Waals surface area contributed by atoms with Crippen molar-refractivity contribution in [1.29, 1.82) is 0 Å². The van der Waals surface area contributed by atoms with Crippen molar-refractivity contribution in [2.75, 3.05) is 5.32 Å². The third-order valence-corrected chi connectivity index (χ3v) is 3.88. The van der Waals surface area contributed by atoms with Gasteiger partial charge in [-0.05, 0) is 56.2 Å². The van der Waals surface area contributed by atoms with E-state index in [4.69, 9.17) is 0 Å². The predicted molar refractivity (Wildman–Crippen MR) is 90.0 cm³/mol. The quantitative estimate of drug-likeness (QED) is 0.806. The Balaban J connectivity index is 1.86. The standard InChI is InChI=1S/C18H18N4O/c1-12-9-10-15(11-13(12)2)19-18(23)17-14(3)22(21-20-17)16-7-5-4-6-8-16/h4-11H,1-3H3,(H,19,23). The topological polar surface area (TPSA) is 59.8 Å². The van der Waals surface area contributed by atoms with E-state index in [9.17, 15) is 4.79 Å². The van der Waals surface area contributed by atoms with Crippen molar-refractivity contribution >= 4 is 11.6 Å². The molecule has 23 heavy (non-hydrogen) atoms. The lowest BCUT2D eigenvalue weighted by atomic mass is 10.1. The van der Waals surface area contributed by atoms with Crippen LogP contribution in [0.4, 0.5) is 5.69 Å². The van der Waals surface area contributed by atoms with Crippen LogP contribution in [0.5, 0.6) is 0 Å². The number of benzene rings is 2. The summed E-state index contributed by atoms with van der Waals surface area (Å²) in [6.45, 7) is 5.89. The van der Waals surface area contributed by atoms with E-state index in [0.717, 1.165) is 16.9 Å². The lowest BCUT2D eigenvalue weighted by Crippen LogP contribution is -2.14. The number of aromatic nitrogens is 3. The number of carbonyl (C=O) groups is 1. The van der Waals surface area contributed by atoms with Crippen LogP contribution in [0.1, 0.15) is 27.3 Å². The van der Waals surface area contributed by atoms with Crippen LogP contribution in [-0.4, -0.2) is 20.9 Å². The number of aryl methyl sites for hydroxylation is 2. The van der Waals surface area contributed by atoms with E-state index in [2.05, 4.69) is 15.6 Å². The lowest BCUT2D eigenvalue weighted by molar-refractivity contribution is 0.102. The minimum atomic E-state index is -0.257. The fraction of sp³-hybridized carbons (Fsp3) is 0.167. The number of hydrogen-bond donors (Lipinski definition) is 1. The van der Waals surface area contributed by atoms with E-state index >= 15 is 0 Å². The largest absolute Gasteiger partial charge is 0.321 e. The van der Waals surface area contributed by atoms with Gasteiger partial charge in [0.1, 0.15) is 0 Å². The van der Waals surface area contributed by atoms with Gasteiger partial charge in [-0.15, -0.1) is 5.10 Å². The molecule has 0 atom stereocenters. The highest BCUT2D eigenvalue weighted by molar-refractivity contribution is 6.03.